The van der Waals surface area contributed by atoms with Crippen molar-refractivity contribution in [2.45, 2.75) is 0 Å². The molecular weight excluding hydrogens is 349 g/mol. The molecule has 120 valence electrons. The van der Waals surface area contributed by atoms with Gasteiger partial charge in [0, 0.05) is 31.9 Å². The van der Waals surface area contributed by atoms with Gasteiger partial charge in [0.2, 0.25) is 0 Å². The lowest BCUT2D eigenvalue weighted by Crippen LogP contribution is -2.50. The minimum Gasteiger partial charge on any atom is -0.368 e. The zero-order chi connectivity index (χ0) is 16.2. The third-order valence-electron chi connectivity index (χ3n) is 3.88. The second kappa shape index (κ2) is 7.39. The number of thiocarbonyl (C=S) groups is 1. The maximum Gasteiger partial charge on any atom is 0.173 e. The van der Waals surface area contributed by atoms with Crippen LogP contribution in [0.15, 0.2) is 48.5 Å². The predicted molar refractivity (Wildman–Crippen MR) is 103 cm³/mol. The number of hydrogen-bond donors (Lipinski definition) is 1. The molecule has 0 unspecified atom stereocenters. The fraction of sp³-hybridized carbons (Fsp3) is 0.235. The number of nitrogens with one attached hydrogen (secondary N) is 1. The van der Waals surface area contributed by atoms with Gasteiger partial charge in [-0.2, -0.15) is 0 Å². The lowest BCUT2D eigenvalue weighted by molar-refractivity contribution is 0.391. The minimum absolute atomic E-state index is 0.499. The molecule has 1 heterocycles. The molecule has 3 rings (SSSR count). The van der Waals surface area contributed by atoms with Crippen LogP contribution in [0.25, 0.3) is 0 Å². The SMILES string of the molecule is S=C(Nc1cccc(Cl)c1Cl)N1CCN(c2ccccc2)CC1. The van der Waals surface area contributed by atoms with Crippen molar-refractivity contribution >= 4 is 51.9 Å². The molecule has 23 heavy (non-hydrogen) atoms. The largest absolute Gasteiger partial charge is 0.368 e. The molecule has 0 aromatic heterocycles. The van der Waals surface area contributed by atoms with Crippen LogP contribution in [0.3, 0.4) is 0 Å². The molecule has 0 saturated carbocycles. The Labute approximate surface area is 151 Å². The molecule has 1 N–H and O–H groups in total. The molecule has 0 aliphatic carbocycles. The topological polar surface area (TPSA) is 18.5 Å². The molecule has 0 amide bonds. The molecule has 0 atom stereocenters. The van der Waals surface area contributed by atoms with Gasteiger partial charge in [-0.3, -0.25) is 0 Å². The van der Waals surface area contributed by atoms with Crippen molar-refractivity contribution in [1.29, 1.82) is 0 Å². The first-order chi connectivity index (χ1) is 11.1. The van der Waals surface area contributed by atoms with Crippen LogP contribution >= 0.6 is 35.4 Å². The average Bonchev–Trinajstić information content (AvgIpc) is 2.60. The highest BCUT2D eigenvalue weighted by atomic mass is 35.5. The highest BCUT2D eigenvalue weighted by Gasteiger charge is 2.19. The number of anilines is 2. The zero-order valence-corrected chi connectivity index (χ0v) is 14.8. The van der Waals surface area contributed by atoms with E-state index < -0.39 is 0 Å². The van der Waals surface area contributed by atoms with Crippen LogP contribution in [0.2, 0.25) is 10.0 Å². The van der Waals surface area contributed by atoms with Crippen LogP contribution in [-0.2, 0) is 0 Å². The van der Waals surface area contributed by atoms with E-state index in [1.165, 1.54) is 5.69 Å². The van der Waals surface area contributed by atoms with Gasteiger partial charge in [-0.15, -0.1) is 0 Å². The highest BCUT2D eigenvalue weighted by molar-refractivity contribution is 7.80. The number of nitrogens with zero attached hydrogens (tertiary/aromatic N) is 2. The van der Waals surface area contributed by atoms with Crippen LogP contribution < -0.4 is 10.2 Å². The third kappa shape index (κ3) is 3.89. The predicted octanol–water partition coefficient (Wildman–Crippen LogP) is 4.51. The molecular formula is C17H17Cl2N3S. The van der Waals surface area contributed by atoms with Crippen molar-refractivity contribution in [1.82, 2.24) is 4.90 Å². The van der Waals surface area contributed by atoms with Gasteiger partial charge in [0.15, 0.2) is 5.11 Å². The second-order valence-electron chi connectivity index (χ2n) is 5.34. The van der Waals surface area contributed by atoms with Crippen LogP contribution in [0.5, 0.6) is 0 Å². The lowest BCUT2D eigenvalue weighted by atomic mass is 10.2. The Bertz CT molecular complexity index is 685. The quantitative estimate of drug-likeness (QED) is 0.788. The standard InChI is InChI=1S/C17H17Cl2N3S/c18-14-7-4-8-15(16(14)19)20-17(23)22-11-9-21(10-12-22)13-5-2-1-3-6-13/h1-8H,9-12H2,(H,20,23). The molecule has 2 aromatic carbocycles. The van der Waals surface area contributed by atoms with Gasteiger partial charge in [0.25, 0.3) is 0 Å². The Hall–Kier alpha value is -1.49. The molecule has 1 fully saturated rings. The van der Waals surface area contributed by atoms with Crippen molar-refractivity contribution in [3.05, 3.63) is 58.6 Å². The fourth-order valence-electron chi connectivity index (χ4n) is 2.60. The number of rotatable bonds is 2. The van der Waals surface area contributed by atoms with Gasteiger partial charge < -0.3 is 15.1 Å². The molecule has 3 nitrogen and oxygen atoms in total. The summed E-state index contributed by atoms with van der Waals surface area (Å²) in [5.74, 6) is 0. The number of hydrogen-bond acceptors (Lipinski definition) is 2. The van der Waals surface area contributed by atoms with E-state index in [1.807, 2.05) is 18.2 Å². The summed E-state index contributed by atoms with van der Waals surface area (Å²) in [5, 5.41) is 4.90. The summed E-state index contributed by atoms with van der Waals surface area (Å²) in [4.78, 5) is 4.53. The first-order valence-electron chi connectivity index (χ1n) is 7.45. The van der Waals surface area contributed by atoms with E-state index in [2.05, 4.69) is 39.4 Å². The van der Waals surface area contributed by atoms with E-state index >= 15 is 0 Å². The summed E-state index contributed by atoms with van der Waals surface area (Å²) in [6.45, 7) is 3.63. The number of benzene rings is 2. The third-order valence-corrected chi connectivity index (χ3v) is 5.06. The summed E-state index contributed by atoms with van der Waals surface area (Å²) in [5.41, 5.74) is 2.00. The smallest absolute Gasteiger partial charge is 0.173 e. The van der Waals surface area contributed by atoms with E-state index in [-0.39, 0.29) is 0 Å². The molecule has 0 spiro atoms. The highest BCUT2D eigenvalue weighted by Crippen LogP contribution is 2.29. The van der Waals surface area contributed by atoms with Crippen LogP contribution in [0.4, 0.5) is 11.4 Å². The molecule has 6 heteroatoms. The maximum atomic E-state index is 6.20. The minimum atomic E-state index is 0.499. The van der Waals surface area contributed by atoms with Gasteiger partial charge in [0.1, 0.15) is 0 Å². The summed E-state index contributed by atoms with van der Waals surface area (Å²) in [6, 6.07) is 15.9. The number of halogens is 2. The van der Waals surface area contributed by atoms with Crippen LogP contribution in [0, 0.1) is 0 Å². The molecule has 0 radical (unpaired) electrons. The van der Waals surface area contributed by atoms with Crippen molar-refractivity contribution in [3.8, 4) is 0 Å². The maximum absolute atomic E-state index is 6.20. The van der Waals surface area contributed by atoms with E-state index in [1.54, 1.807) is 6.07 Å². The summed E-state index contributed by atoms with van der Waals surface area (Å²) < 4.78 is 0. The fourth-order valence-corrected chi connectivity index (χ4v) is 3.24. The van der Waals surface area contributed by atoms with Crippen molar-refractivity contribution < 1.29 is 0 Å². The van der Waals surface area contributed by atoms with Crippen LogP contribution in [-0.4, -0.2) is 36.2 Å². The van der Waals surface area contributed by atoms with Gasteiger partial charge in [-0.1, -0.05) is 47.5 Å². The Kier molecular flexibility index (Phi) is 5.26. The molecule has 1 aliphatic heterocycles. The van der Waals surface area contributed by atoms with E-state index in [4.69, 9.17) is 35.4 Å². The number of para-hydroxylation sites is 1. The first kappa shape index (κ1) is 16.4. The Morgan fingerprint density at radius 1 is 0.913 bits per heavy atom. The molecule has 2 aromatic rings. The van der Waals surface area contributed by atoms with E-state index in [0.717, 1.165) is 31.9 Å². The van der Waals surface area contributed by atoms with Gasteiger partial charge in [0.05, 0.1) is 15.7 Å². The van der Waals surface area contributed by atoms with E-state index in [9.17, 15) is 0 Å². The van der Waals surface area contributed by atoms with Crippen molar-refractivity contribution in [2.75, 3.05) is 36.4 Å². The normalized spacial score (nSPS) is 14.7. The van der Waals surface area contributed by atoms with Crippen LogP contribution in [0.1, 0.15) is 0 Å². The molecule has 1 saturated heterocycles. The first-order valence-corrected chi connectivity index (χ1v) is 8.61. The summed E-state index contributed by atoms with van der Waals surface area (Å²) in [6.07, 6.45) is 0. The monoisotopic (exact) mass is 365 g/mol. The van der Waals surface area contributed by atoms with Gasteiger partial charge in [-0.05, 0) is 36.5 Å². The Morgan fingerprint density at radius 3 is 2.30 bits per heavy atom. The summed E-state index contributed by atoms with van der Waals surface area (Å²) >= 11 is 17.7. The Balaban J connectivity index is 1.59. The van der Waals surface area contributed by atoms with Crippen molar-refractivity contribution in [3.63, 3.8) is 0 Å². The molecule has 1 aliphatic rings. The van der Waals surface area contributed by atoms with Gasteiger partial charge >= 0.3 is 0 Å². The molecule has 0 bridgehead atoms. The summed E-state index contributed by atoms with van der Waals surface area (Å²) in [7, 11) is 0. The van der Waals surface area contributed by atoms with Gasteiger partial charge in [-0.25, -0.2) is 0 Å². The van der Waals surface area contributed by atoms with E-state index in [0.29, 0.717) is 15.2 Å². The van der Waals surface area contributed by atoms with Crippen molar-refractivity contribution in [2.24, 2.45) is 0 Å². The average molecular weight is 366 g/mol. The second-order valence-corrected chi connectivity index (χ2v) is 6.51. The Morgan fingerprint density at radius 2 is 1.61 bits per heavy atom. The zero-order valence-electron chi connectivity index (χ0n) is 12.5. The number of piperazine rings is 1. The lowest BCUT2D eigenvalue weighted by Gasteiger charge is -2.37.